The summed E-state index contributed by atoms with van der Waals surface area (Å²) in [4.78, 5) is 25.7. The molecule has 1 heterocycles. The van der Waals surface area contributed by atoms with Gasteiger partial charge in [-0.05, 0) is 37.1 Å². The lowest BCUT2D eigenvalue weighted by Gasteiger charge is -2.35. The summed E-state index contributed by atoms with van der Waals surface area (Å²) < 4.78 is 10.9. The Morgan fingerprint density at radius 3 is 2.38 bits per heavy atom. The van der Waals surface area contributed by atoms with Crippen LogP contribution >= 0.6 is 0 Å². The Kier molecular flexibility index (Phi) is 5.14. The molecule has 0 radical (unpaired) electrons. The van der Waals surface area contributed by atoms with Crippen molar-refractivity contribution in [3.05, 3.63) is 70.4 Å². The molecule has 0 saturated heterocycles. The molecule has 2 aromatic carbocycles. The van der Waals surface area contributed by atoms with Crippen molar-refractivity contribution in [1.82, 2.24) is 5.32 Å². The van der Waals surface area contributed by atoms with E-state index in [1.807, 2.05) is 49.4 Å². The monoisotopic (exact) mass is 391 g/mol. The van der Waals surface area contributed by atoms with Crippen LogP contribution in [0.25, 0.3) is 0 Å². The van der Waals surface area contributed by atoms with Crippen LogP contribution in [0.5, 0.6) is 11.5 Å². The number of ketones is 1. The van der Waals surface area contributed by atoms with Crippen LogP contribution in [-0.2, 0) is 9.59 Å². The zero-order valence-corrected chi connectivity index (χ0v) is 17.0. The number of nitrogens with one attached hydrogen (secondary N) is 1. The molecule has 150 valence electrons. The van der Waals surface area contributed by atoms with Crippen molar-refractivity contribution in [2.45, 2.75) is 38.0 Å². The van der Waals surface area contributed by atoms with Crippen molar-refractivity contribution in [3.8, 4) is 11.5 Å². The fraction of sp³-hybridized carbons (Fsp3) is 0.333. The number of amides is 1. The number of aryl methyl sites for hydroxylation is 1. The van der Waals surface area contributed by atoms with E-state index >= 15 is 0 Å². The summed E-state index contributed by atoms with van der Waals surface area (Å²) >= 11 is 0. The van der Waals surface area contributed by atoms with Crippen LogP contribution in [0, 0.1) is 6.92 Å². The van der Waals surface area contributed by atoms with Crippen LogP contribution in [0.2, 0.25) is 0 Å². The highest BCUT2D eigenvalue weighted by Gasteiger charge is 2.38. The van der Waals surface area contributed by atoms with Gasteiger partial charge >= 0.3 is 0 Å². The smallest absolute Gasteiger partial charge is 0.225 e. The Morgan fingerprint density at radius 1 is 0.931 bits per heavy atom. The van der Waals surface area contributed by atoms with Gasteiger partial charge in [0.15, 0.2) is 5.78 Å². The van der Waals surface area contributed by atoms with E-state index in [-0.39, 0.29) is 23.5 Å². The van der Waals surface area contributed by atoms with Crippen LogP contribution in [0.15, 0.2) is 53.7 Å². The van der Waals surface area contributed by atoms with Crippen molar-refractivity contribution < 1.29 is 19.1 Å². The van der Waals surface area contributed by atoms with E-state index in [4.69, 9.17) is 9.47 Å². The molecule has 1 amide bonds. The predicted octanol–water partition coefficient (Wildman–Crippen LogP) is 4.02. The first-order valence-corrected chi connectivity index (χ1v) is 9.84. The molecule has 0 fully saturated rings. The molecule has 2 unspecified atom stereocenters. The molecule has 1 aliphatic heterocycles. The highest BCUT2D eigenvalue weighted by atomic mass is 16.5. The van der Waals surface area contributed by atoms with E-state index < -0.39 is 0 Å². The summed E-state index contributed by atoms with van der Waals surface area (Å²) in [6.07, 6.45) is 1.29. The standard InChI is InChI=1S/C24H25NO4/c1-14-4-6-15(7-5-14)19-13-23(27)25-20-10-16(11-21(26)24(19)20)18-12-17(28-2)8-9-22(18)29-3/h4-9,12,16,19H,10-11,13H2,1-3H3,(H,25,27). The molecular weight excluding hydrogens is 366 g/mol. The lowest BCUT2D eigenvalue weighted by atomic mass is 9.73. The van der Waals surface area contributed by atoms with Gasteiger partial charge in [0.1, 0.15) is 11.5 Å². The van der Waals surface area contributed by atoms with Crippen LogP contribution in [0.1, 0.15) is 47.8 Å². The summed E-state index contributed by atoms with van der Waals surface area (Å²) in [6.45, 7) is 2.03. The molecule has 5 nitrogen and oxygen atoms in total. The lowest BCUT2D eigenvalue weighted by molar-refractivity contribution is -0.122. The zero-order chi connectivity index (χ0) is 20.5. The molecule has 0 saturated carbocycles. The van der Waals surface area contributed by atoms with E-state index in [2.05, 4.69) is 5.32 Å². The summed E-state index contributed by atoms with van der Waals surface area (Å²) in [7, 11) is 3.24. The fourth-order valence-electron chi connectivity index (χ4n) is 4.42. The van der Waals surface area contributed by atoms with Gasteiger partial charge in [0.25, 0.3) is 0 Å². The van der Waals surface area contributed by atoms with Crippen molar-refractivity contribution >= 4 is 11.7 Å². The molecule has 1 aliphatic carbocycles. The number of carbonyl (C=O) groups is 2. The number of benzene rings is 2. The van der Waals surface area contributed by atoms with Crippen LogP contribution in [0.4, 0.5) is 0 Å². The molecule has 2 aliphatic rings. The zero-order valence-electron chi connectivity index (χ0n) is 17.0. The van der Waals surface area contributed by atoms with Crippen LogP contribution in [-0.4, -0.2) is 25.9 Å². The number of allylic oxidation sites excluding steroid dienone is 2. The predicted molar refractivity (Wildman–Crippen MR) is 110 cm³/mol. The van der Waals surface area contributed by atoms with Crippen LogP contribution < -0.4 is 14.8 Å². The molecule has 0 aromatic heterocycles. The average molecular weight is 391 g/mol. The van der Waals surface area contributed by atoms with Crippen molar-refractivity contribution in [2.24, 2.45) is 0 Å². The van der Waals surface area contributed by atoms with Gasteiger partial charge in [-0.3, -0.25) is 9.59 Å². The number of carbonyl (C=O) groups excluding carboxylic acids is 2. The first-order chi connectivity index (χ1) is 14.0. The number of Topliss-reactive ketones (excluding diaryl/α,β-unsaturated/α-hetero) is 1. The summed E-state index contributed by atoms with van der Waals surface area (Å²) in [5, 5.41) is 2.97. The third-order valence-electron chi connectivity index (χ3n) is 5.89. The molecule has 5 heteroatoms. The maximum atomic E-state index is 13.2. The van der Waals surface area contributed by atoms with E-state index in [0.29, 0.717) is 19.3 Å². The van der Waals surface area contributed by atoms with Crippen molar-refractivity contribution in [2.75, 3.05) is 14.2 Å². The average Bonchev–Trinajstić information content (AvgIpc) is 2.72. The quantitative estimate of drug-likeness (QED) is 0.855. The molecule has 29 heavy (non-hydrogen) atoms. The van der Waals surface area contributed by atoms with Gasteiger partial charge < -0.3 is 14.8 Å². The van der Waals surface area contributed by atoms with Gasteiger partial charge in [0.2, 0.25) is 5.91 Å². The first-order valence-electron chi connectivity index (χ1n) is 9.84. The molecule has 2 atom stereocenters. The number of methoxy groups -OCH3 is 2. The summed E-state index contributed by atoms with van der Waals surface area (Å²) in [5.74, 6) is 1.25. The minimum atomic E-state index is -0.181. The number of ether oxygens (including phenoxy) is 2. The number of hydrogen-bond acceptors (Lipinski definition) is 4. The maximum absolute atomic E-state index is 13.2. The SMILES string of the molecule is COc1ccc(OC)c(C2CC(=O)C3=C(C2)NC(=O)CC3c2ccc(C)cc2)c1. The van der Waals surface area contributed by atoms with Gasteiger partial charge in [-0.25, -0.2) is 0 Å². The Bertz CT molecular complexity index is 990. The Balaban J connectivity index is 1.72. The molecule has 0 spiro atoms. The highest BCUT2D eigenvalue weighted by molar-refractivity contribution is 6.02. The molecule has 1 N–H and O–H groups in total. The van der Waals surface area contributed by atoms with E-state index in [0.717, 1.165) is 39.5 Å². The fourth-order valence-corrected chi connectivity index (χ4v) is 4.42. The van der Waals surface area contributed by atoms with E-state index in [1.165, 1.54) is 0 Å². The summed E-state index contributed by atoms with van der Waals surface area (Å²) in [5.41, 5.74) is 4.61. The highest BCUT2D eigenvalue weighted by Crippen LogP contribution is 2.45. The molecular formula is C24H25NO4. The summed E-state index contributed by atoms with van der Waals surface area (Å²) in [6, 6.07) is 13.7. The normalized spacial score (nSPS) is 21.5. The Labute approximate surface area is 170 Å². The lowest BCUT2D eigenvalue weighted by Crippen LogP contribution is -2.38. The van der Waals surface area contributed by atoms with E-state index in [9.17, 15) is 9.59 Å². The van der Waals surface area contributed by atoms with Gasteiger partial charge in [-0.15, -0.1) is 0 Å². The van der Waals surface area contributed by atoms with Gasteiger partial charge in [-0.2, -0.15) is 0 Å². The second kappa shape index (κ2) is 7.74. The minimum absolute atomic E-state index is 0.0413. The van der Waals surface area contributed by atoms with Crippen LogP contribution in [0.3, 0.4) is 0 Å². The minimum Gasteiger partial charge on any atom is -0.497 e. The topological polar surface area (TPSA) is 64.6 Å². The Morgan fingerprint density at radius 2 is 1.69 bits per heavy atom. The third kappa shape index (κ3) is 3.65. The molecule has 2 aromatic rings. The molecule has 4 rings (SSSR count). The van der Waals surface area contributed by atoms with Gasteiger partial charge in [0.05, 0.1) is 14.2 Å². The Hall–Kier alpha value is -3.08. The maximum Gasteiger partial charge on any atom is 0.225 e. The third-order valence-corrected chi connectivity index (χ3v) is 5.89. The number of rotatable bonds is 4. The number of hydrogen-bond donors (Lipinski definition) is 1. The van der Waals surface area contributed by atoms with Crippen molar-refractivity contribution in [1.29, 1.82) is 0 Å². The molecule has 0 bridgehead atoms. The van der Waals surface area contributed by atoms with Gasteiger partial charge in [0, 0.05) is 41.5 Å². The van der Waals surface area contributed by atoms with Crippen molar-refractivity contribution in [3.63, 3.8) is 0 Å². The second-order valence-corrected chi connectivity index (χ2v) is 7.74. The first kappa shape index (κ1) is 19.2. The second-order valence-electron chi connectivity index (χ2n) is 7.74. The van der Waals surface area contributed by atoms with E-state index in [1.54, 1.807) is 14.2 Å². The largest absolute Gasteiger partial charge is 0.497 e. The van der Waals surface area contributed by atoms with Gasteiger partial charge in [-0.1, -0.05) is 29.8 Å².